The number of hydrogen-bond acceptors (Lipinski definition) is 9. The number of fused-ring (bicyclic) bond motifs is 1. The minimum atomic E-state index is -1.38. The van der Waals surface area contributed by atoms with Crippen molar-refractivity contribution in [2.24, 2.45) is 0 Å². The number of ether oxygens (including phenoxy) is 1. The highest BCUT2D eigenvalue weighted by Crippen LogP contribution is 2.31. The third-order valence-corrected chi connectivity index (χ3v) is 6.25. The Hall–Kier alpha value is -3.68. The van der Waals surface area contributed by atoms with Gasteiger partial charge in [-0.3, -0.25) is 4.68 Å². The Labute approximate surface area is 194 Å². The van der Waals surface area contributed by atoms with Crippen molar-refractivity contribution >= 4 is 29.2 Å². The van der Waals surface area contributed by atoms with Crippen LogP contribution in [0.25, 0.3) is 5.65 Å². The normalized spacial score (nSPS) is 23.1. The zero-order chi connectivity index (χ0) is 24.0. The van der Waals surface area contributed by atoms with Crippen LogP contribution in [-0.4, -0.2) is 98.0 Å². The predicted molar refractivity (Wildman–Crippen MR) is 121 cm³/mol. The third kappa shape index (κ3) is 4.04. The molecule has 2 aliphatic rings. The number of nitrogens with one attached hydrogen (secondary N) is 2. The summed E-state index contributed by atoms with van der Waals surface area (Å²) in [7, 11) is 3.64. The molecule has 0 spiro atoms. The molecular formula is C20H27FN10O3. The largest absolute Gasteiger partial charge is 0.478 e. The Morgan fingerprint density at radius 2 is 2.12 bits per heavy atom. The fraction of sp³-hybridized carbons (Fsp3) is 0.550. The summed E-state index contributed by atoms with van der Waals surface area (Å²) >= 11 is 0. The molecule has 0 aliphatic carbocycles. The number of likely N-dealkylation sites (tertiary alicyclic amines) is 1. The Bertz CT molecular complexity index is 1210. The van der Waals surface area contributed by atoms with E-state index in [0.717, 1.165) is 25.2 Å². The summed E-state index contributed by atoms with van der Waals surface area (Å²) in [6.45, 7) is 3.84. The van der Waals surface area contributed by atoms with Crippen LogP contribution >= 0.6 is 0 Å². The molecule has 2 aliphatic heterocycles. The van der Waals surface area contributed by atoms with Crippen molar-refractivity contribution in [3.8, 4) is 5.88 Å². The van der Waals surface area contributed by atoms with Crippen molar-refractivity contribution in [2.45, 2.75) is 31.6 Å². The maximum Gasteiger partial charge on any atom is 0.405 e. The molecule has 0 aromatic carbocycles. The molecular weight excluding hydrogens is 447 g/mol. The zero-order valence-electron chi connectivity index (χ0n) is 19.1. The van der Waals surface area contributed by atoms with Crippen LogP contribution in [0.3, 0.4) is 0 Å². The van der Waals surface area contributed by atoms with E-state index in [9.17, 15) is 9.18 Å². The first-order valence-electron chi connectivity index (χ1n) is 11.0. The second-order valence-corrected chi connectivity index (χ2v) is 8.73. The Kier molecular flexibility index (Phi) is 5.59. The molecule has 182 valence electrons. The molecule has 3 aromatic rings. The SMILES string of the molecule is COc1nn(C2CCN(C)C2)cc1Nc1nc(N2C[C@@H](F)[C@H](NC(=O)O)C2)nn2c(C)cnc12. The van der Waals surface area contributed by atoms with Crippen molar-refractivity contribution in [3.63, 3.8) is 0 Å². The van der Waals surface area contributed by atoms with Gasteiger partial charge in [-0.05, 0) is 26.9 Å². The average Bonchev–Trinajstić information content (AvgIpc) is 3.56. The lowest BCUT2D eigenvalue weighted by atomic mass is 10.2. The number of aromatic nitrogens is 6. The number of aryl methyl sites for hydroxylation is 1. The monoisotopic (exact) mass is 474 g/mol. The van der Waals surface area contributed by atoms with E-state index in [1.54, 1.807) is 22.7 Å². The molecule has 5 heterocycles. The second-order valence-electron chi connectivity index (χ2n) is 8.73. The van der Waals surface area contributed by atoms with E-state index in [1.165, 1.54) is 0 Å². The molecule has 3 aromatic heterocycles. The van der Waals surface area contributed by atoms with Gasteiger partial charge in [0.05, 0.1) is 43.8 Å². The molecule has 14 heteroatoms. The van der Waals surface area contributed by atoms with E-state index in [-0.39, 0.29) is 25.1 Å². The highest BCUT2D eigenvalue weighted by atomic mass is 19.1. The number of carbonyl (C=O) groups is 1. The van der Waals surface area contributed by atoms with Gasteiger partial charge in [-0.15, -0.1) is 10.2 Å². The quantitative estimate of drug-likeness (QED) is 0.475. The van der Waals surface area contributed by atoms with Crippen molar-refractivity contribution in [2.75, 3.05) is 50.6 Å². The molecule has 1 unspecified atom stereocenters. The van der Waals surface area contributed by atoms with Crippen molar-refractivity contribution in [1.29, 1.82) is 0 Å². The Morgan fingerprint density at radius 1 is 1.29 bits per heavy atom. The van der Waals surface area contributed by atoms with Crippen LogP contribution in [0.2, 0.25) is 0 Å². The van der Waals surface area contributed by atoms with E-state index in [0.29, 0.717) is 23.0 Å². The van der Waals surface area contributed by atoms with Crippen LogP contribution in [0.1, 0.15) is 18.2 Å². The lowest BCUT2D eigenvalue weighted by Crippen LogP contribution is -2.40. The first-order valence-corrected chi connectivity index (χ1v) is 11.0. The molecule has 34 heavy (non-hydrogen) atoms. The first-order chi connectivity index (χ1) is 16.3. The van der Waals surface area contributed by atoms with Crippen LogP contribution in [0.5, 0.6) is 5.88 Å². The minimum absolute atomic E-state index is 0.0277. The molecule has 0 bridgehead atoms. The van der Waals surface area contributed by atoms with Gasteiger partial charge in [0.25, 0.3) is 5.88 Å². The Balaban J connectivity index is 1.47. The molecule has 0 saturated carbocycles. The highest BCUT2D eigenvalue weighted by Gasteiger charge is 2.36. The summed E-state index contributed by atoms with van der Waals surface area (Å²) in [5, 5.41) is 23.6. The standard InChI is InChI=1S/C20H27FN10O3/c1-11-6-22-17-16(23-15-10-30(26-18(15)34-3)12-4-5-28(2)7-12)25-19(27-31(11)17)29-8-13(21)14(9-29)24-20(32)33/h6,10,12-14,24H,4-5,7-9H2,1-3H3,(H,32,33)(H,23,25,27)/t12?,13-,14-/m1/s1. The van der Waals surface area contributed by atoms with Gasteiger partial charge in [-0.2, -0.15) is 4.98 Å². The van der Waals surface area contributed by atoms with Crippen LogP contribution in [0.4, 0.5) is 26.6 Å². The maximum absolute atomic E-state index is 14.5. The summed E-state index contributed by atoms with van der Waals surface area (Å²) in [6, 6.07) is -0.617. The van der Waals surface area contributed by atoms with Gasteiger partial charge in [-0.25, -0.2) is 18.7 Å². The van der Waals surface area contributed by atoms with Gasteiger partial charge < -0.3 is 30.3 Å². The summed E-state index contributed by atoms with van der Waals surface area (Å²) in [5.74, 6) is 1.09. The Morgan fingerprint density at radius 3 is 2.82 bits per heavy atom. The van der Waals surface area contributed by atoms with Crippen molar-refractivity contribution in [1.82, 2.24) is 39.6 Å². The summed E-state index contributed by atoms with van der Waals surface area (Å²) < 4.78 is 23.5. The number of carboxylic acid groups (broad SMARTS) is 1. The lowest BCUT2D eigenvalue weighted by molar-refractivity contribution is 0.183. The number of halogens is 1. The molecule has 13 nitrogen and oxygen atoms in total. The van der Waals surface area contributed by atoms with Gasteiger partial charge in [0.2, 0.25) is 5.95 Å². The number of imidazole rings is 1. The van der Waals surface area contributed by atoms with Gasteiger partial charge in [0.1, 0.15) is 11.9 Å². The number of alkyl halides is 1. The molecule has 1 amide bonds. The summed E-state index contributed by atoms with van der Waals surface area (Å²) in [6.07, 6.45) is 1.91. The number of methoxy groups -OCH3 is 1. The van der Waals surface area contributed by atoms with E-state index < -0.39 is 18.3 Å². The number of amides is 1. The van der Waals surface area contributed by atoms with Gasteiger partial charge in [0.15, 0.2) is 11.5 Å². The molecule has 3 N–H and O–H groups in total. The van der Waals surface area contributed by atoms with Crippen LogP contribution in [0, 0.1) is 6.92 Å². The average molecular weight is 475 g/mol. The number of rotatable bonds is 6. The van der Waals surface area contributed by atoms with Gasteiger partial charge >= 0.3 is 6.09 Å². The van der Waals surface area contributed by atoms with Gasteiger partial charge in [-0.1, -0.05) is 0 Å². The van der Waals surface area contributed by atoms with Crippen molar-refractivity contribution in [3.05, 3.63) is 18.1 Å². The minimum Gasteiger partial charge on any atom is -0.478 e. The van der Waals surface area contributed by atoms with Gasteiger partial charge in [0, 0.05) is 13.1 Å². The van der Waals surface area contributed by atoms with E-state index in [2.05, 4.69) is 42.7 Å². The first kappa shape index (κ1) is 22.1. The molecule has 5 rings (SSSR count). The molecule has 2 saturated heterocycles. The van der Waals surface area contributed by atoms with Crippen LogP contribution < -0.4 is 20.3 Å². The molecule has 2 fully saturated rings. The van der Waals surface area contributed by atoms with Crippen LogP contribution in [-0.2, 0) is 0 Å². The summed E-state index contributed by atoms with van der Waals surface area (Å²) in [4.78, 5) is 23.9. The van der Waals surface area contributed by atoms with Crippen molar-refractivity contribution < 1.29 is 19.0 Å². The smallest absolute Gasteiger partial charge is 0.405 e. The second kappa shape index (κ2) is 8.59. The highest BCUT2D eigenvalue weighted by molar-refractivity contribution is 5.73. The molecule has 3 atom stereocenters. The fourth-order valence-electron chi connectivity index (χ4n) is 4.47. The number of anilines is 3. The molecule has 0 radical (unpaired) electrons. The third-order valence-electron chi connectivity index (χ3n) is 6.25. The van der Waals surface area contributed by atoms with Crippen LogP contribution in [0.15, 0.2) is 12.4 Å². The predicted octanol–water partition coefficient (Wildman–Crippen LogP) is 1.05. The number of hydrogen-bond donors (Lipinski definition) is 3. The maximum atomic E-state index is 14.5. The fourth-order valence-corrected chi connectivity index (χ4v) is 4.47. The topological polar surface area (TPSA) is 138 Å². The summed E-state index contributed by atoms with van der Waals surface area (Å²) in [5.41, 5.74) is 1.89. The lowest BCUT2D eigenvalue weighted by Gasteiger charge is -2.17. The van der Waals surface area contributed by atoms with E-state index >= 15 is 0 Å². The zero-order valence-corrected chi connectivity index (χ0v) is 19.1. The van der Waals surface area contributed by atoms with E-state index in [4.69, 9.17) is 9.84 Å². The van der Waals surface area contributed by atoms with E-state index in [1.807, 2.05) is 17.8 Å². The number of likely N-dealkylation sites (N-methyl/N-ethyl adjacent to an activating group) is 1. The number of nitrogens with zero attached hydrogens (tertiary/aromatic N) is 8.